The summed E-state index contributed by atoms with van der Waals surface area (Å²) in [4.78, 5) is 32.2. The van der Waals surface area contributed by atoms with Gasteiger partial charge in [-0.3, -0.25) is 19.7 Å². The number of hydrogen-bond acceptors (Lipinski definition) is 5. The molecule has 1 aliphatic heterocycles. The third-order valence-electron chi connectivity index (χ3n) is 4.88. The Morgan fingerprint density at radius 1 is 1.29 bits per heavy atom. The second-order valence-electron chi connectivity index (χ2n) is 6.79. The van der Waals surface area contributed by atoms with Crippen molar-refractivity contribution in [1.29, 1.82) is 0 Å². The Morgan fingerprint density at radius 2 is 2.14 bits per heavy atom. The number of rotatable bonds is 5. The molecule has 1 saturated heterocycles. The van der Waals surface area contributed by atoms with Crippen molar-refractivity contribution in [2.45, 2.75) is 19.4 Å². The van der Waals surface area contributed by atoms with Crippen LogP contribution < -0.4 is 5.32 Å². The van der Waals surface area contributed by atoms with E-state index in [-0.39, 0.29) is 17.7 Å². The van der Waals surface area contributed by atoms with E-state index in [4.69, 9.17) is 0 Å². The first-order valence-corrected chi connectivity index (χ1v) is 10.1. The molecular weight excluding hydrogens is 374 g/mol. The van der Waals surface area contributed by atoms with Crippen LogP contribution in [0.3, 0.4) is 0 Å². The Balaban J connectivity index is 1.38. The van der Waals surface area contributed by atoms with Crippen molar-refractivity contribution in [3.05, 3.63) is 58.7 Å². The van der Waals surface area contributed by atoms with Crippen LogP contribution in [-0.4, -0.2) is 45.0 Å². The standard InChI is InChI=1S/C20H21N5O2S/c26-19(22-12-16-4-2-10-28-16)15-3-1-9-25(13-15)20(27)18-11-17(23-24-18)14-5-7-21-8-6-14/h2,4-8,10-11,15H,1,3,9,12-13H2,(H,22,26)(H,23,24)/t15-/m0/s1. The van der Waals surface area contributed by atoms with Gasteiger partial charge in [0.2, 0.25) is 5.91 Å². The quantitative estimate of drug-likeness (QED) is 0.695. The molecule has 1 aliphatic rings. The first kappa shape index (κ1) is 18.4. The molecule has 0 bridgehead atoms. The SMILES string of the molecule is O=C(NCc1cccs1)[C@H]1CCCN(C(=O)c2cc(-c3ccncc3)n[nH]2)C1. The molecule has 0 aromatic carbocycles. The van der Waals surface area contributed by atoms with Crippen molar-refractivity contribution in [2.75, 3.05) is 13.1 Å². The first-order chi connectivity index (χ1) is 13.7. The Hall–Kier alpha value is -3.00. The van der Waals surface area contributed by atoms with Gasteiger partial charge in [-0.1, -0.05) is 6.07 Å². The van der Waals surface area contributed by atoms with Gasteiger partial charge in [-0.2, -0.15) is 5.10 Å². The number of likely N-dealkylation sites (tertiary alicyclic amines) is 1. The minimum Gasteiger partial charge on any atom is -0.351 e. The molecule has 8 heteroatoms. The fraction of sp³-hybridized carbons (Fsp3) is 0.300. The van der Waals surface area contributed by atoms with E-state index in [1.165, 1.54) is 0 Å². The second-order valence-corrected chi connectivity index (χ2v) is 7.82. The molecule has 4 rings (SSSR count). The van der Waals surface area contributed by atoms with E-state index >= 15 is 0 Å². The number of nitrogens with one attached hydrogen (secondary N) is 2. The monoisotopic (exact) mass is 395 g/mol. The summed E-state index contributed by atoms with van der Waals surface area (Å²) in [6.07, 6.45) is 4.99. The number of aromatic amines is 1. The summed E-state index contributed by atoms with van der Waals surface area (Å²) < 4.78 is 0. The Bertz CT molecular complexity index is 939. The van der Waals surface area contributed by atoms with E-state index in [1.807, 2.05) is 29.6 Å². The van der Waals surface area contributed by atoms with Gasteiger partial charge in [0, 0.05) is 35.9 Å². The van der Waals surface area contributed by atoms with Gasteiger partial charge in [0.05, 0.1) is 18.2 Å². The van der Waals surface area contributed by atoms with E-state index < -0.39 is 0 Å². The van der Waals surface area contributed by atoms with E-state index in [1.54, 1.807) is 34.7 Å². The zero-order valence-corrected chi connectivity index (χ0v) is 16.1. The summed E-state index contributed by atoms with van der Waals surface area (Å²) in [5, 5.41) is 12.0. The molecule has 3 aromatic rings. The molecule has 1 fully saturated rings. The summed E-state index contributed by atoms with van der Waals surface area (Å²) in [6.45, 7) is 1.62. The molecule has 2 N–H and O–H groups in total. The molecule has 7 nitrogen and oxygen atoms in total. The third kappa shape index (κ3) is 4.12. The van der Waals surface area contributed by atoms with Crippen molar-refractivity contribution in [1.82, 2.24) is 25.4 Å². The van der Waals surface area contributed by atoms with Crippen LogP contribution in [0.5, 0.6) is 0 Å². The molecule has 0 aliphatic carbocycles. The van der Waals surface area contributed by atoms with Gasteiger partial charge >= 0.3 is 0 Å². The third-order valence-corrected chi connectivity index (χ3v) is 5.76. The Morgan fingerprint density at radius 3 is 2.93 bits per heavy atom. The lowest BCUT2D eigenvalue weighted by atomic mass is 9.97. The predicted octanol–water partition coefficient (Wildman–Crippen LogP) is 2.70. The Kier molecular flexibility index (Phi) is 5.48. The van der Waals surface area contributed by atoms with Gasteiger partial charge in [-0.05, 0) is 42.5 Å². The van der Waals surface area contributed by atoms with E-state index in [0.29, 0.717) is 31.0 Å². The summed E-state index contributed by atoms with van der Waals surface area (Å²) >= 11 is 1.62. The van der Waals surface area contributed by atoms with Gasteiger partial charge in [0.15, 0.2) is 0 Å². The lowest BCUT2D eigenvalue weighted by Crippen LogP contribution is -2.45. The van der Waals surface area contributed by atoms with Crippen molar-refractivity contribution in [2.24, 2.45) is 5.92 Å². The number of carbonyl (C=O) groups is 2. The number of aromatic nitrogens is 3. The van der Waals surface area contributed by atoms with Crippen LogP contribution in [0.4, 0.5) is 0 Å². The zero-order valence-electron chi connectivity index (χ0n) is 15.3. The molecule has 1 atom stereocenters. The van der Waals surface area contributed by atoms with Gasteiger partial charge in [-0.15, -0.1) is 11.3 Å². The summed E-state index contributed by atoms with van der Waals surface area (Å²) in [5.41, 5.74) is 2.04. The average Bonchev–Trinajstić information content (AvgIpc) is 3.44. The number of piperidine rings is 1. The van der Waals surface area contributed by atoms with Crippen LogP contribution in [0.2, 0.25) is 0 Å². The number of hydrogen-bond donors (Lipinski definition) is 2. The molecule has 0 spiro atoms. The highest BCUT2D eigenvalue weighted by molar-refractivity contribution is 7.09. The van der Waals surface area contributed by atoms with Crippen molar-refractivity contribution >= 4 is 23.2 Å². The van der Waals surface area contributed by atoms with Gasteiger partial charge in [-0.25, -0.2) is 0 Å². The molecule has 0 unspecified atom stereocenters. The van der Waals surface area contributed by atoms with Crippen LogP contribution in [0, 0.1) is 5.92 Å². The number of pyridine rings is 1. The second kappa shape index (κ2) is 8.35. The fourth-order valence-corrected chi connectivity index (χ4v) is 4.02. The average molecular weight is 395 g/mol. The highest BCUT2D eigenvalue weighted by Gasteiger charge is 2.29. The minimum absolute atomic E-state index is 0.00739. The van der Waals surface area contributed by atoms with Crippen molar-refractivity contribution in [3.8, 4) is 11.3 Å². The smallest absolute Gasteiger partial charge is 0.271 e. The highest BCUT2D eigenvalue weighted by atomic mass is 32.1. The molecule has 2 amide bonds. The maximum atomic E-state index is 12.9. The topological polar surface area (TPSA) is 91.0 Å². The van der Waals surface area contributed by atoms with Gasteiger partial charge in [0.1, 0.15) is 5.69 Å². The first-order valence-electron chi connectivity index (χ1n) is 9.26. The van der Waals surface area contributed by atoms with E-state index in [0.717, 1.165) is 23.3 Å². The molecular formula is C20H21N5O2S. The summed E-state index contributed by atoms with van der Waals surface area (Å²) in [6, 6.07) is 9.41. The maximum Gasteiger partial charge on any atom is 0.271 e. The number of amides is 2. The van der Waals surface area contributed by atoms with Gasteiger partial charge in [0.25, 0.3) is 5.91 Å². The van der Waals surface area contributed by atoms with Crippen molar-refractivity contribution in [3.63, 3.8) is 0 Å². The summed E-state index contributed by atoms with van der Waals surface area (Å²) in [7, 11) is 0. The van der Waals surface area contributed by atoms with Crippen LogP contribution in [0.25, 0.3) is 11.3 Å². The van der Waals surface area contributed by atoms with Crippen LogP contribution in [-0.2, 0) is 11.3 Å². The lowest BCUT2D eigenvalue weighted by molar-refractivity contribution is -0.126. The lowest BCUT2D eigenvalue weighted by Gasteiger charge is -2.31. The van der Waals surface area contributed by atoms with Crippen LogP contribution >= 0.6 is 11.3 Å². The number of carbonyl (C=O) groups excluding carboxylic acids is 2. The normalized spacial score (nSPS) is 16.7. The van der Waals surface area contributed by atoms with E-state index in [9.17, 15) is 9.59 Å². The van der Waals surface area contributed by atoms with Gasteiger partial charge < -0.3 is 10.2 Å². The van der Waals surface area contributed by atoms with Crippen LogP contribution in [0.15, 0.2) is 48.1 Å². The Labute approximate surface area is 166 Å². The number of nitrogens with zero attached hydrogens (tertiary/aromatic N) is 3. The fourth-order valence-electron chi connectivity index (χ4n) is 3.38. The minimum atomic E-state index is -0.180. The summed E-state index contributed by atoms with van der Waals surface area (Å²) in [5.74, 6) is -0.295. The van der Waals surface area contributed by atoms with Crippen molar-refractivity contribution < 1.29 is 9.59 Å². The van der Waals surface area contributed by atoms with E-state index in [2.05, 4.69) is 20.5 Å². The molecule has 28 heavy (non-hydrogen) atoms. The molecule has 144 valence electrons. The number of thiophene rings is 1. The molecule has 0 saturated carbocycles. The molecule has 3 aromatic heterocycles. The van der Waals surface area contributed by atoms with Crippen LogP contribution in [0.1, 0.15) is 28.2 Å². The zero-order chi connectivity index (χ0) is 19.3. The molecule has 0 radical (unpaired) electrons. The maximum absolute atomic E-state index is 12.9. The molecule has 4 heterocycles. The largest absolute Gasteiger partial charge is 0.351 e. The number of H-pyrrole nitrogens is 1. The predicted molar refractivity (Wildman–Crippen MR) is 107 cm³/mol. The highest BCUT2D eigenvalue weighted by Crippen LogP contribution is 2.21.